The predicted molar refractivity (Wildman–Crippen MR) is 83.5 cm³/mol. The molecule has 2 nitrogen and oxygen atoms in total. The molecule has 0 spiro atoms. The normalized spacial score (nSPS) is 31.9. The Bertz CT molecular complexity index is 236. The van der Waals surface area contributed by atoms with Crippen molar-refractivity contribution in [2.45, 2.75) is 90.3 Å². The molecule has 0 amide bonds. The molecule has 19 heavy (non-hydrogen) atoms. The summed E-state index contributed by atoms with van der Waals surface area (Å²) in [4.78, 5) is 2.89. The van der Waals surface area contributed by atoms with Crippen molar-refractivity contribution in [1.29, 1.82) is 0 Å². The van der Waals surface area contributed by atoms with Crippen molar-refractivity contribution in [3.63, 3.8) is 0 Å². The largest absolute Gasteiger partial charge is 0.314 e. The lowest BCUT2D eigenvalue weighted by Crippen LogP contribution is -2.57. The summed E-state index contributed by atoms with van der Waals surface area (Å²) in [5, 5.41) is 3.78. The molecule has 0 aromatic carbocycles. The maximum absolute atomic E-state index is 3.78. The van der Waals surface area contributed by atoms with Crippen molar-refractivity contribution < 1.29 is 0 Å². The molecule has 2 saturated heterocycles. The first-order valence-electron chi connectivity index (χ1n) is 8.77. The Morgan fingerprint density at radius 2 is 1.68 bits per heavy atom. The van der Waals surface area contributed by atoms with Crippen molar-refractivity contribution in [2.75, 3.05) is 13.1 Å². The SMILES string of the molecule is CCCNC1CC2CCCC(C1)N2CC(CC)CC. The predicted octanol–water partition coefficient (Wildman–Crippen LogP) is 3.81. The van der Waals surface area contributed by atoms with Gasteiger partial charge in [-0.2, -0.15) is 0 Å². The summed E-state index contributed by atoms with van der Waals surface area (Å²) in [7, 11) is 0. The molecule has 1 N–H and O–H groups in total. The van der Waals surface area contributed by atoms with Gasteiger partial charge in [0.1, 0.15) is 0 Å². The van der Waals surface area contributed by atoms with Gasteiger partial charge in [-0.15, -0.1) is 0 Å². The standard InChI is InChI=1S/C17H34N2/c1-4-10-18-15-11-16-8-7-9-17(12-15)19(16)13-14(5-2)6-3/h14-18H,4-13H2,1-3H3. The molecule has 0 aromatic heterocycles. The lowest BCUT2D eigenvalue weighted by molar-refractivity contribution is 0.0113. The number of hydrogen-bond acceptors (Lipinski definition) is 2. The van der Waals surface area contributed by atoms with E-state index < -0.39 is 0 Å². The topological polar surface area (TPSA) is 15.3 Å². The molecule has 2 bridgehead atoms. The highest BCUT2D eigenvalue weighted by molar-refractivity contribution is 4.95. The summed E-state index contributed by atoms with van der Waals surface area (Å²) in [6, 6.07) is 2.55. The van der Waals surface area contributed by atoms with Crippen LogP contribution in [0.15, 0.2) is 0 Å². The van der Waals surface area contributed by atoms with Gasteiger partial charge in [-0.3, -0.25) is 4.90 Å². The van der Waals surface area contributed by atoms with E-state index in [4.69, 9.17) is 0 Å². The van der Waals surface area contributed by atoms with Crippen LogP contribution in [0.25, 0.3) is 0 Å². The van der Waals surface area contributed by atoms with Crippen molar-refractivity contribution in [2.24, 2.45) is 5.92 Å². The van der Waals surface area contributed by atoms with E-state index in [1.54, 1.807) is 0 Å². The fraction of sp³-hybridized carbons (Fsp3) is 1.00. The van der Waals surface area contributed by atoms with Crippen LogP contribution in [-0.4, -0.2) is 36.1 Å². The van der Waals surface area contributed by atoms with Gasteiger partial charge in [0.15, 0.2) is 0 Å². The molecule has 2 unspecified atom stereocenters. The van der Waals surface area contributed by atoms with E-state index in [0.717, 1.165) is 24.0 Å². The third kappa shape index (κ3) is 3.95. The Balaban J connectivity index is 1.91. The quantitative estimate of drug-likeness (QED) is 0.754. The number of rotatable bonds is 7. The number of piperidine rings is 2. The highest BCUT2D eigenvalue weighted by Gasteiger charge is 2.38. The number of hydrogen-bond donors (Lipinski definition) is 1. The van der Waals surface area contributed by atoms with Crippen LogP contribution in [0.1, 0.15) is 72.1 Å². The van der Waals surface area contributed by atoms with E-state index in [0.29, 0.717) is 0 Å². The molecule has 2 rings (SSSR count). The lowest BCUT2D eigenvalue weighted by atomic mass is 9.80. The lowest BCUT2D eigenvalue weighted by Gasteiger charge is -2.50. The monoisotopic (exact) mass is 266 g/mol. The van der Waals surface area contributed by atoms with Crippen LogP contribution >= 0.6 is 0 Å². The van der Waals surface area contributed by atoms with Crippen LogP contribution in [-0.2, 0) is 0 Å². The zero-order chi connectivity index (χ0) is 13.7. The van der Waals surface area contributed by atoms with Gasteiger partial charge >= 0.3 is 0 Å². The summed E-state index contributed by atoms with van der Waals surface area (Å²) >= 11 is 0. The van der Waals surface area contributed by atoms with Gasteiger partial charge in [-0.1, -0.05) is 40.0 Å². The average Bonchev–Trinajstić information content (AvgIpc) is 2.42. The Morgan fingerprint density at radius 3 is 2.21 bits per heavy atom. The second kappa shape index (κ2) is 7.64. The molecular formula is C17H34N2. The van der Waals surface area contributed by atoms with Gasteiger partial charge in [-0.25, -0.2) is 0 Å². The summed E-state index contributed by atoms with van der Waals surface area (Å²) in [5.74, 6) is 0.920. The first kappa shape index (κ1) is 15.3. The third-order valence-corrected chi connectivity index (χ3v) is 5.43. The minimum Gasteiger partial charge on any atom is -0.314 e. The van der Waals surface area contributed by atoms with Gasteiger partial charge < -0.3 is 5.32 Å². The van der Waals surface area contributed by atoms with Crippen molar-refractivity contribution in [3.05, 3.63) is 0 Å². The van der Waals surface area contributed by atoms with E-state index in [1.165, 1.54) is 64.5 Å². The fourth-order valence-corrected chi connectivity index (χ4v) is 4.14. The highest BCUT2D eigenvalue weighted by Crippen LogP contribution is 2.35. The smallest absolute Gasteiger partial charge is 0.0113 e. The highest BCUT2D eigenvalue weighted by atomic mass is 15.2. The molecule has 0 aromatic rings. The molecular weight excluding hydrogens is 232 g/mol. The molecule has 2 heterocycles. The third-order valence-electron chi connectivity index (χ3n) is 5.43. The zero-order valence-electron chi connectivity index (χ0n) is 13.3. The van der Waals surface area contributed by atoms with Crippen LogP contribution in [0.2, 0.25) is 0 Å². The molecule has 112 valence electrons. The van der Waals surface area contributed by atoms with Crippen molar-refractivity contribution in [3.8, 4) is 0 Å². The minimum absolute atomic E-state index is 0.799. The maximum Gasteiger partial charge on any atom is 0.0113 e. The molecule has 2 aliphatic heterocycles. The first-order valence-corrected chi connectivity index (χ1v) is 8.77. The van der Waals surface area contributed by atoms with Crippen LogP contribution in [0.3, 0.4) is 0 Å². The van der Waals surface area contributed by atoms with Gasteiger partial charge in [0.2, 0.25) is 0 Å². The van der Waals surface area contributed by atoms with E-state index in [1.807, 2.05) is 0 Å². The van der Waals surface area contributed by atoms with Crippen LogP contribution in [0, 0.1) is 5.92 Å². The molecule has 2 heteroatoms. The summed E-state index contributed by atoms with van der Waals surface area (Å²) in [6.45, 7) is 9.56. The zero-order valence-corrected chi connectivity index (χ0v) is 13.3. The second-order valence-electron chi connectivity index (χ2n) is 6.74. The molecule has 2 aliphatic rings. The average molecular weight is 266 g/mol. The Morgan fingerprint density at radius 1 is 1.05 bits per heavy atom. The second-order valence-corrected chi connectivity index (χ2v) is 6.74. The van der Waals surface area contributed by atoms with E-state index >= 15 is 0 Å². The van der Waals surface area contributed by atoms with Crippen LogP contribution < -0.4 is 5.32 Å². The van der Waals surface area contributed by atoms with Crippen LogP contribution in [0.5, 0.6) is 0 Å². The molecule has 2 fully saturated rings. The Kier molecular flexibility index (Phi) is 6.15. The molecule has 2 atom stereocenters. The first-order chi connectivity index (χ1) is 9.28. The number of nitrogens with one attached hydrogen (secondary N) is 1. The Hall–Kier alpha value is -0.0800. The minimum atomic E-state index is 0.799. The number of fused-ring (bicyclic) bond motifs is 2. The van der Waals surface area contributed by atoms with Gasteiger partial charge in [-0.05, 0) is 44.6 Å². The van der Waals surface area contributed by atoms with Gasteiger partial charge in [0.25, 0.3) is 0 Å². The van der Waals surface area contributed by atoms with E-state index in [-0.39, 0.29) is 0 Å². The van der Waals surface area contributed by atoms with Gasteiger partial charge in [0, 0.05) is 24.7 Å². The molecule has 0 aliphatic carbocycles. The summed E-state index contributed by atoms with van der Waals surface area (Å²) in [5.41, 5.74) is 0. The van der Waals surface area contributed by atoms with Gasteiger partial charge in [0.05, 0.1) is 0 Å². The van der Waals surface area contributed by atoms with Crippen molar-refractivity contribution in [1.82, 2.24) is 10.2 Å². The Labute approximate surface area is 120 Å². The summed E-state index contributed by atoms with van der Waals surface area (Å²) in [6.07, 6.45) is 11.1. The molecule has 0 saturated carbocycles. The van der Waals surface area contributed by atoms with E-state index in [2.05, 4.69) is 31.0 Å². The van der Waals surface area contributed by atoms with Crippen molar-refractivity contribution >= 4 is 0 Å². The molecule has 0 radical (unpaired) electrons. The van der Waals surface area contributed by atoms with Crippen LogP contribution in [0.4, 0.5) is 0 Å². The number of nitrogens with zero attached hydrogens (tertiary/aromatic N) is 1. The maximum atomic E-state index is 3.78. The summed E-state index contributed by atoms with van der Waals surface area (Å²) < 4.78 is 0. The fourth-order valence-electron chi connectivity index (χ4n) is 4.14. The van der Waals surface area contributed by atoms with E-state index in [9.17, 15) is 0 Å².